The minimum atomic E-state index is -1.60. The lowest BCUT2D eigenvalue weighted by Crippen LogP contribution is -2.58. The van der Waals surface area contributed by atoms with Gasteiger partial charge in [0.2, 0.25) is 17.7 Å². The minimum Gasteiger partial charge on any atom is -0.480 e. The molecule has 1 aromatic rings. The number of carbonyl (C=O) groups is 4. The Morgan fingerprint density at radius 3 is 2.08 bits per heavy atom. The zero-order valence-corrected chi connectivity index (χ0v) is 22.2. The molecule has 0 aliphatic heterocycles. The molecule has 0 aliphatic rings. The van der Waals surface area contributed by atoms with Crippen molar-refractivity contribution in [2.45, 2.75) is 75.7 Å². The van der Waals surface area contributed by atoms with Gasteiger partial charge in [0.05, 0.1) is 12.1 Å². The Kier molecular flexibility index (Phi) is 15.1. The van der Waals surface area contributed by atoms with Gasteiger partial charge in [0.25, 0.3) is 0 Å². The van der Waals surface area contributed by atoms with Crippen LogP contribution in [-0.4, -0.2) is 83.2 Å². The molecule has 14 nitrogen and oxygen atoms in total. The molecule has 39 heavy (non-hydrogen) atoms. The molecule has 0 aliphatic carbocycles. The van der Waals surface area contributed by atoms with Crippen LogP contribution in [0, 0.1) is 0 Å². The molecule has 1 rings (SSSR count). The smallest absolute Gasteiger partial charge is 0.328 e. The third kappa shape index (κ3) is 13.0. The number of hydrogen-bond acceptors (Lipinski definition) is 8. The molecular formula is C25H42N8O6. The van der Waals surface area contributed by atoms with E-state index < -0.39 is 54.0 Å². The number of unbranched alkanes of at least 4 members (excludes halogenated alkanes) is 1. The second kappa shape index (κ2) is 17.7. The lowest BCUT2D eigenvalue weighted by atomic mass is 10.0. The fourth-order valence-corrected chi connectivity index (χ4v) is 3.66. The van der Waals surface area contributed by atoms with E-state index in [1.165, 1.54) is 6.92 Å². The van der Waals surface area contributed by atoms with Gasteiger partial charge in [-0.3, -0.25) is 19.4 Å². The van der Waals surface area contributed by atoms with Gasteiger partial charge in [0, 0.05) is 13.0 Å². The number of aliphatic hydroxyl groups is 1. The van der Waals surface area contributed by atoms with E-state index >= 15 is 0 Å². The van der Waals surface area contributed by atoms with Crippen molar-refractivity contribution in [1.82, 2.24) is 16.0 Å². The standard InChI is InChI=1S/C25H42N8O6/c1-15(34)20(24(38)39)33-22(36)18(11-7-13-30-25(28)29)31-23(37)19(14-16-8-3-2-4-9-16)32-21(35)17(27)10-5-6-12-26/h2-4,8-9,15,17-20,34H,5-7,10-14,26-27H2,1H3,(H,31,37)(H,32,35)(H,33,36)(H,38,39)(H4,28,29,30). The highest BCUT2D eigenvalue weighted by atomic mass is 16.4. The molecule has 5 unspecified atom stereocenters. The largest absolute Gasteiger partial charge is 0.480 e. The Hall–Kier alpha value is -3.75. The predicted molar refractivity (Wildman–Crippen MR) is 146 cm³/mol. The second-order valence-electron chi connectivity index (χ2n) is 9.22. The van der Waals surface area contributed by atoms with E-state index in [0.717, 1.165) is 5.56 Å². The average molecular weight is 551 g/mol. The maximum Gasteiger partial charge on any atom is 0.328 e. The zero-order chi connectivity index (χ0) is 29.4. The van der Waals surface area contributed by atoms with Crippen LogP contribution in [0.25, 0.3) is 0 Å². The molecule has 0 bridgehead atoms. The summed E-state index contributed by atoms with van der Waals surface area (Å²) in [5.41, 5.74) is 22.9. The number of nitrogens with one attached hydrogen (secondary N) is 3. The number of hydrogen-bond donors (Lipinski definition) is 9. The molecule has 0 aromatic heterocycles. The van der Waals surface area contributed by atoms with Crippen molar-refractivity contribution in [1.29, 1.82) is 0 Å². The molecule has 1 aromatic carbocycles. The molecule has 3 amide bonds. The number of carboxylic acids is 1. The van der Waals surface area contributed by atoms with Crippen LogP contribution in [0.15, 0.2) is 35.3 Å². The number of nitrogens with zero attached hydrogens (tertiary/aromatic N) is 1. The Morgan fingerprint density at radius 2 is 1.51 bits per heavy atom. The Morgan fingerprint density at radius 1 is 0.897 bits per heavy atom. The van der Waals surface area contributed by atoms with Gasteiger partial charge in [-0.05, 0) is 44.7 Å². The summed E-state index contributed by atoms with van der Waals surface area (Å²) in [6.45, 7) is 1.84. The fourth-order valence-electron chi connectivity index (χ4n) is 3.66. The molecule has 218 valence electrons. The molecule has 14 heteroatoms. The summed E-state index contributed by atoms with van der Waals surface area (Å²) in [5, 5.41) is 26.6. The number of carboxylic acid groups (broad SMARTS) is 1. The highest BCUT2D eigenvalue weighted by Gasteiger charge is 2.31. The molecule has 0 saturated heterocycles. The summed E-state index contributed by atoms with van der Waals surface area (Å²) in [6.07, 6.45) is 0.767. The van der Waals surface area contributed by atoms with Gasteiger partial charge in [-0.25, -0.2) is 4.79 Å². The van der Waals surface area contributed by atoms with Crippen LogP contribution in [0.2, 0.25) is 0 Å². The number of aliphatic imine (C=N–C) groups is 1. The summed E-state index contributed by atoms with van der Waals surface area (Å²) in [5.74, 6) is -3.62. The van der Waals surface area contributed by atoms with E-state index in [9.17, 15) is 29.4 Å². The number of benzene rings is 1. The second-order valence-corrected chi connectivity index (χ2v) is 9.22. The van der Waals surface area contributed by atoms with Gasteiger partial charge >= 0.3 is 5.97 Å². The normalized spacial score (nSPS) is 14.7. The van der Waals surface area contributed by atoms with Crippen LogP contribution in [0.4, 0.5) is 0 Å². The summed E-state index contributed by atoms with van der Waals surface area (Å²) < 4.78 is 0. The summed E-state index contributed by atoms with van der Waals surface area (Å²) >= 11 is 0. The molecular weight excluding hydrogens is 508 g/mol. The predicted octanol–water partition coefficient (Wildman–Crippen LogP) is -2.34. The van der Waals surface area contributed by atoms with Crippen LogP contribution in [0.3, 0.4) is 0 Å². The van der Waals surface area contributed by atoms with Crippen LogP contribution >= 0.6 is 0 Å². The third-order valence-electron chi connectivity index (χ3n) is 5.85. The fraction of sp³-hybridized carbons (Fsp3) is 0.560. The van der Waals surface area contributed by atoms with Gasteiger partial charge < -0.3 is 49.1 Å². The first-order valence-corrected chi connectivity index (χ1v) is 12.8. The third-order valence-corrected chi connectivity index (χ3v) is 5.85. The van der Waals surface area contributed by atoms with E-state index in [1.54, 1.807) is 24.3 Å². The van der Waals surface area contributed by atoms with Crippen molar-refractivity contribution in [3.8, 4) is 0 Å². The number of amides is 3. The van der Waals surface area contributed by atoms with Crippen molar-refractivity contribution in [2.24, 2.45) is 27.9 Å². The van der Waals surface area contributed by atoms with Crippen molar-refractivity contribution in [3.63, 3.8) is 0 Å². The summed E-state index contributed by atoms with van der Waals surface area (Å²) in [4.78, 5) is 54.5. The monoisotopic (exact) mass is 550 g/mol. The van der Waals surface area contributed by atoms with E-state index in [1.807, 2.05) is 6.07 Å². The maximum atomic E-state index is 13.4. The van der Waals surface area contributed by atoms with Crippen molar-refractivity contribution in [2.75, 3.05) is 13.1 Å². The SMILES string of the molecule is CC(O)C(NC(=O)C(CCCN=C(N)N)NC(=O)C(Cc1ccccc1)NC(=O)C(N)CCCCN)C(=O)O. The van der Waals surface area contributed by atoms with Crippen LogP contribution in [0.5, 0.6) is 0 Å². The maximum absolute atomic E-state index is 13.4. The average Bonchev–Trinajstić information content (AvgIpc) is 2.88. The van der Waals surface area contributed by atoms with E-state index in [2.05, 4.69) is 20.9 Å². The minimum absolute atomic E-state index is 0.0467. The van der Waals surface area contributed by atoms with Gasteiger partial charge in [0.15, 0.2) is 12.0 Å². The molecule has 0 radical (unpaired) electrons. The number of carbonyl (C=O) groups excluding carboxylic acids is 3. The lowest BCUT2D eigenvalue weighted by Gasteiger charge is -2.26. The van der Waals surface area contributed by atoms with E-state index in [-0.39, 0.29) is 31.8 Å². The number of guanidine groups is 1. The number of nitrogens with two attached hydrogens (primary N) is 4. The highest BCUT2D eigenvalue weighted by Crippen LogP contribution is 2.08. The molecule has 5 atom stereocenters. The molecule has 0 saturated carbocycles. The first kappa shape index (κ1) is 33.3. The van der Waals surface area contributed by atoms with Gasteiger partial charge in [-0.2, -0.15) is 0 Å². The van der Waals surface area contributed by atoms with Crippen LogP contribution in [-0.2, 0) is 25.6 Å². The summed E-state index contributed by atoms with van der Waals surface area (Å²) in [6, 6.07) is 4.20. The van der Waals surface area contributed by atoms with Crippen LogP contribution in [0.1, 0.15) is 44.6 Å². The first-order chi connectivity index (χ1) is 18.5. The lowest BCUT2D eigenvalue weighted by molar-refractivity contribution is -0.145. The first-order valence-electron chi connectivity index (χ1n) is 12.8. The molecule has 0 heterocycles. The molecule has 13 N–H and O–H groups in total. The zero-order valence-electron chi connectivity index (χ0n) is 22.2. The van der Waals surface area contributed by atoms with Crippen LogP contribution < -0.4 is 38.9 Å². The van der Waals surface area contributed by atoms with Crippen molar-refractivity contribution >= 4 is 29.7 Å². The van der Waals surface area contributed by atoms with E-state index in [4.69, 9.17) is 22.9 Å². The quantitative estimate of drug-likeness (QED) is 0.0534. The summed E-state index contributed by atoms with van der Waals surface area (Å²) in [7, 11) is 0. The number of rotatable bonds is 18. The highest BCUT2D eigenvalue weighted by molar-refractivity contribution is 5.94. The van der Waals surface area contributed by atoms with Gasteiger partial charge in [-0.1, -0.05) is 36.8 Å². The molecule has 0 spiro atoms. The number of aliphatic hydroxyl groups excluding tert-OH is 1. The Bertz CT molecular complexity index is 955. The van der Waals surface area contributed by atoms with E-state index in [0.29, 0.717) is 25.8 Å². The molecule has 0 fully saturated rings. The number of aliphatic carboxylic acids is 1. The Labute approximate surface area is 228 Å². The topological polar surface area (TPSA) is 261 Å². The van der Waals surface area contributed by atoms with Gasteiger partial charge in [0.1, 0.15) is 12.1 Å². The van der Waals surface area contributed by atoms with Crippen molar-refractivity contribution < 1.29 is 29.4 Å². The van der Waals surface area contributed by atoms with Crippen molar-refractivity contribution in [3.05, 3.63) is 35.9 Å². The Balaban J connectivity index is 3.11. The van der Waals surface area contributed by atoms with Gasteiger partial charge in [-0.15, -0.1) is 0 Å².